The van der Waals surface area contributed by atoms with E-state index >= 15 is 0 Å². The summed E-state index contributed by atoms with van der Waals surface area (Å²) in [6.45, 7) is 17.3. The Morgan fingerprint density at radius 1 is 0.615 bits per heavy atom. The lowest BCUT2D eigenvalue weighted by Gasteiger charge is -2.08. The van der Waals surface area contributed by atoms with E-state index in [0.29, 0.717) is 11.8 Å². The molecule has 0 saturated carbocycles. The largest absolute Gasteiger partial charge is 0.0776 e. The number of rotatable bonds is 5. The fourth-order valence-electron chi connectivity index (χ4n) is 2.50. The molecular formula is C26H44. The molecule has 0 aromatic heterocycles. The molecule has 0 atom stereocenters. The molecule has 2 aromatic carbocycles. The molecule has 0 bridgehead atoms. The average Bonchev–Trinajstić information content (AvgIpc) is 2.65. The summed E-state index contributed by atoms with van der Waals surface area (Å²) in [6, 6.07) is 17.9. The van der Waals surface area contributed by atoms with Crippen molar-refractivity contribution in [1.82, 2.24) is 0 Å². The second-order valence-corrected chi connectivity index (χ2v) is 6.90. The maximum atomic E-state index is 2.24. The van der Waals surface area contributed by atoms with Gasteiger partial charge in [0.15, 0.2) is 0 Å². The molecule has 0 fully saturated rings. The molecular weight excluding hydrogens is 312 g/mol. The minimum atomic E-state index is 0. The number of aryl methyl sites for hydroxylation is 2. The summed E-state index contributed by atoms with van der Waals surface area (Å²) in [4.78, 5) is 0. The van der Waals surface area contributed by atoms with Crippen LogP contribution in [0.5, 0.6) is 0 Å². The van der Waals surface area contributed by atoms with Gasteiger partial charge in [0.05, 0.1) is 0 Å². The minimum absolute atomic E-state index is 0. The van der Waals surface area contributed by atoms with Crippen LogP contribution in [0, 0.1) is 0 Å². The maximum absolute atomic E-state index is 2.24. The van der Waals surface area contributed by atoms with Crippen molar-refractivity contribution in [2.24, 2.45) is 0 Å². The lowest BCUT2D eigenvalue weighted by molar-refractivity contribution is 0.845. The molecule has 0 saturated heterocycles. The van der Waals surface area contributed by atoms with E-state index < -0.39 is 0 Å². The van der Waals surface area contributed by atoms with Gasteiger partial charge in [-0.25, -0.2) is 0 Å². The second-order valence-electron chi connectivity index (χ2n) is 6.90. The molecule has 0 heterocycles. The zero-order valence-corrected chi connectivity index (χ0v) is 17.9. The highest BCUT2D eigenvalue weighted by Crippen LogP contribution is 2.19. The Hall–Kier alpha value is -1.56. The van der Waals surface area contributed by atoms with Crippen molar-refractivity contribution >= 4 is 0 Å². The second kappa shape index (κ2) is 15.7. The highest BCUT2D eigenvalue weighted by molar-refractivity contribution is 5.26. The summed E-state index contributed by atoms with van der Waals surface area (Å²) in [6.07, 6.45) is 3.60. The van der Waals surface area contributed by atoms with Gasteiger partial charge in [-0.05, 0) is 46.9 Å². The fraction of sp³-hybridized carbons (Fsp3) is 0.538. The van der Waals surface area contributed by atoms with Crippen molar-refractivity contribution in [2.75, 3.05) is 0 Å². The third-order valence-corrected chi connectivity index (χ3v) is 4.24. The Morgan fingerprint density at radius 3 is 1.23 bits per heavy atom. The minimum Gasteiger partial charge on any atom is -0.0776 e. The Bertz CT molecular complexity index is 502. The van der Waals surface area contributed by atoms with Crippen LogP contribution in [0.25, 0.3) is 0 Å². The molecule has 2 aromatic rings. The molecule has 26 heavy (non-hydrogen) atoms. The smallest absolute Gasteiger partial charge is 0.0219 e. The molecule has 0 heteroatoms. The molecule has 0 N–H and O–H groups in total. The topological polar surface area (TPSA) is 0 Å². The number of hydrogen-bond acceptors (Lipinski definition) is 0. The van der Waals surface area contributed by atoms with Crippen LogP contribution in [0.15, 0.2) is 48.5 Å². The Balaban J connectivity index is 0. The fourth-order valence-corrected chi connectivity index (χ4v) is 2.50. The van der Waals surface area contributed by atoms with Crippen molar-refractivity contribution in [3.63, 3.8) is 0 Å². The van der Waals surface area contributed by atoms with Gasteiger partial charge in [0.2, 0.25) is 0 Å². The van der Waals surface area contributed by atoms with Crippen LogP contribution >= 0.6 is 0 Å². The van der Waals surface area contributed by atoms with Crippen molar-refractivity contribution in [3.8, 4) is 0 Å². The Kier molecular flexibility index (Phi) is 16.1. The average molecular weight is 357 g/mol. The first-order chi connectivity index (χ1) is 12.0. The van der Waals surface area contributed by atoms with Crippen LogP contribution in [-0.2, 0) is 12.8 Å². The normalized spacial score (nSPS) is 9.62. The lowest BCUT2D eigenvalue weighted by atomic mass is 9.97. The molecule has 2 rings (SSSR count). The molecule has 0 unspecified atom stereocenters. The zero-order valence-electron chi connectivity index (χ0n) is 17.9. The van der Waals surface area contributed by atoms with E-state index in [1.807, 2.05) is 13.8 Å². The van der Waals surface area contributed by atoms with Gasteiger partial charge in [-0.2, -0.15) is 0 Å². The summed E-state index contributed by atoms with van der Waals surface area (Å²) < 4.78 is 0. The van der Waals surface area contributed by atoms with Crippen molar-refractivity contribution < 1.29 is 0 Å². The van der Waals surface area contributed by atoms with Crippen LogP contribution in [0.2, 0.25) is 0 Å². The molecule has 0 amide bonds. The first-order valence-corrected chi connectivity index (χ1v) is 10.2. The van der Waals surface area contributed by atoms with E-state index in [-0.39, 0.29) is 7.43 Å². The summed E-state index contributed by atoms with van der Waals surface area (Å²) in [7, 11) is 0. The van der Waals surface area contributed by atoms with Gasteiger partial charge in [0.1, 0.15) is 0 Å². The van der Waals surface area contributed by atoms with Gasteiger partial charge in [-0.1, -0.05) is 118 Å². The molecule has 0 aliphatic rings. The van der Waals surface area contributed by atoms with E-state index in [2.05, 4.69) is 90.1 Å². The first-order valence-electron chi connectivity index (χ1n) is 10.2. The van der Waals surface area contributed by atoms with Gasteiger partial charge in [0, 0.05) is 0 Å². The predicted molar refractivity (Wildman–Crippen MR) is 123 cm³/mol. The summed E-state index contributed by atoms with van der Waals surface area (Å²) in [5.41, 5.74) is 5.76. The third kappa shape index (κ3) is 10.4. The van der Waals surface area contributed by atoms with E-state index in [1.54, 1.807) is 0 Å². The summed E-state index contributed by atoms with van der Waals surface area (Å²) in [5, 5.41) is 0. The van der Waals surface area contributed by atoms with Crippen LogP contribution in [0.3, 0.4) is 0 Å². The highest BCUT2D eigenvalue weighted by atomic mass is 14.1. The van der Waals surface area contributed by atoms with Crippen molar-refractivity contribution in [1.29, 1.82) is 0 Å². The van der Waals surface area contributed by atoms with Crippen molar-refractivity contribution in [3.05, 3.63) is 70.8 Å². The van der Waals surface area contributed by atoms with Crippen LogP contribution in [0.1, 0.15) is 103 Å². The number of benzene rings is 2. The van der Waals surface area contributed by atoms with Gasteiger partial charge >= 0.3 is 0 Å². The van der Waals surface area contributed by atoms with Crippen LogP contribution in [-0.4, -0.2) is 0 Å². The molecule has 0 aliphatic heterocycles. The molecule has 0 aliphatic carbocycles. The monoisotopic (exact) mass is 356 g/mol. The highest BCUT2D eigenvalue weighted by Gasteiger charge is 2.00. The molecule has 148 valence electrons. The van der Waals surface area contributed by atoms with Gasteiger partial charge < -0.3 is 0 Å². The van der Waals surface area contributed by atoms with E-state index in [9.17, 15) is 0 Å². The third-order valence-electron chi connectivity index (χ3n) is 4.24. The zero-order chi connectivity index (χ0) is 19.2. The quantitative estimate of drug-likeness (QED) is 0.502. The van der Waals surface area contributed by atoms with E-state index in [4.69, 9.17) is 0 Å². The summed E-state index contributed by atoms with van der Waals surface area (Å²) >= 11 is 0. The number of hydrogen-bond donors (Lipinski definition) is 0. The Labute approximate surface area is 165 Å². The van der Waals surface area contributed by atoms with Gasteiger partial charge in [0.25, 0.3) is 0 Å². The van der Waals surface area contributed by atoms with Gasteiger partial charge in [-0.3, -0.25) is 0 Å². The van der Waals surface area contributed by atoms with E-state index in [0.717, 1.165) is 6.42 Å². The molecule has 0 nitrogen and oxygen atoms in total. The predicted octanol–water partition coefficient (Wildman–Crippen LogP) is 8.80. The maximum Gasteiger partial charge on any atom is -0.0219 e. The standard InChI is InChI=1S/C12H18.C11H16.C2H6.CH4/c1-9(2)11-5-7-12(8-6-11)10(3)4;1-3-5-11-8-6-10(4-2)7-9-11;1-2;/h5-10H,1-4H3;6-9H,3-5H2,1-2H3;1-2H3;1H4. The lowest BCUT2D eigenvalue weighted by Crippen LogP contribution is -1.90. The Morgan fingerprint density at radius 2 is 0.962 bits per heavy atom. The first kappa shape index (κ1) is 26.7. The summed E-state index contributed by atoms with van der Waals surface area (Å²) in [5.74, 6) is 1.29. The van der Waals surface area contributed by atoms with Crippen LogP contribution < -0.4 is 0 Å². The van der Waals surface area contributed by atoms with E-state index in [1.165, 1.54) is 35.1 Å². The van der Waals surface area contributed by atoms with Gasteiger partial charge in [-0.15, -0.1) is 0 Å². The molecule has 0 radical (unpaired) electrons. The SMILES string of the molecule is C.CC.CC(C)c1ccc(C(C)C)cc1.CCCc1ccc(CC)cc1. The van der Waals surface area contributed by atoms with Crippen LogP contribution in [0.4, 0.5) is 0 Å². The van der Waals surface area contributed by atoms with Crippen molar-refractivity contribution in [2.45, 2.75) is 93.9 Å². The molecule has 0 spiro atoms.